The number of sulfonamides is 1. The van der Waals surface area contributed by atoms with E-state index in [1.807, 2.05) is 0 Å². The highest BCUT2D eigenvalue weighted by Crippen LogP contribution is 2.18. The maximum Gasteiger partial charge on any atom is 0.265 e. The topological polar surface area (TPSA) is 101 Å². The monoisotopic (exact) mass is 294 g/mol. The molecule has 1 aromatic carbocycles. The van der Waals surface area contributed by atoms with Crippen molar-refractivity contribution in [2.75, 3.05) is 11.3 Å². The Hall–Kier alpha value is -2.37. The van der Waals surface area contributed by atoms with Crippen molar-refractivity contribution in [2.45, 2.75) is 4.90 Å². The number of nitrogens with one attached hydrogen (secondary N) is 2. The average molecular weight is 294 g/mol. The highest BCUT2D eigenvalue weighted by molar-refractivity contribution is 7.92. The van der Waals surface area contributed by atoms with Crippen LogP contribution in [0.3, 0.4) is 0 Å². The third-order valence-electron chi connectivity index (χ3n) is 2.29. The lowest BCUT2D eigenvalue weighted by Crippen LogP contribution is -2.15. The fourth-order valence-electron chi connectivity index (χ4n) is 1.48. The molecule has 0 bridgehead atoms. The number of aromatic amines is 1. The SMILES string of the molecule is NCC#Cc1cc(F)ccc1S(=O)(=O)Nc1ncc[nH]1. The van der Waals surface area contributed by atoms with E-state index in [1.54, 1.807) is 0 Å². The normalized spacial score (nSPS) is 10.7. The Bertz CT molecular complexity index is 760. The summed E-state index contributed by atoms with van der Waals surface area (Å²) in [5.74, 6) is 4.52. The predicted molar refractivity (Wildman–Crippen MR) is 71.7 cm³/mol. The fraction of sp³-hybridized carbons (Fsp3) is 0.0833. The van der Waals surface area contributed by atoms with Crippen LogP contribution in [0.4, 0.5) is 10.3 Å². The standard InChI is InChI=1S/C12H11FN4O2S/c13-10-3-4-11(9(8-10)2-1-5-14)20(18,19)17-12-15-6-7-16-12/h3-4,6-8H,5,14H2,(H2,15,16,17). The zero-order chi connectivity index (χ0) is 14.6. The first kappa shape index (κ1) is 14.0. The van der Waals surface area contributed by atoms with Gasteiger partial charge in [0.15, 0.2) is 0 Å². The molecular formula is C12H11FN4O2S. The van der Waals surface area contributed by atoms with Gasteiger partial charge in [-0.05, 0) is 18.2 Å². The fourth-order valence-corrected chi connectivity index (χ4v) is 2.61. The second-order valence-corrected chi connectivity index (χ2v) is 5.34. The summed E-state index contributed by atoms with van der Waals surface area (Å²) >= 11 is 0. The average Bonchev–Trinajstić information content (AvgIpc) is 2.88. The molecule has 6 nitrogen and oxygen atoms in total. The molecule has 0 radical (unpaired) electrons. The molecule has 20 heavy (non-hydrogen) atoms. The van der Waals surface area contributed by atoms with Crippen molar-refractivity contribution in [3.05, 3.63) is 42.0 Å². The number of imidazole rings is 1. The van der Waals surface area contributed by atoms with Crippen LogP contribution in [0, 0.1) is 17.7 Å². The lowest BCUT2D eigenvalue weighted by atomic mass is 10.2. The smallest absolute Gasteiger partial charge is 0.265 e. The molecule has 0 atom stereocenters. The van der Waals surface area contributed by atoms with Gasteiger partial charge in [-0.25, -0.2) is 22.5 Å². The summed E-state index contributed by atoms with van der Waals surface area (Å²) in [5, 5.41) is 0. The van der Waals surface area contributed by atoms with Crippen molar-refractivity contribution < 1.29 is 12.8 Å². The van der Waals surface area contributed by atoms with Crippen LogP contribution in [0.1, 0.15) is 5.56 Å². The predicted octanol–water partition coefficient (Wildman–Crippen LogP) is 0.660. The number of H-pyrrole nitrogens is 1. The van der Waals surface area contributed by atoms with E-state index in [9.17, 15) is 12.8 Å². The van der Waals surface area contributed by atoms with Crippen molar-refractivity contribution in [3.63, 3.8) is 0 Å². The molecule has 104 valence electrons. The summed E-state index contributed by atoms with van der Waals surface area (Å²) < 4.78 is 39.8. The van der Waals surface area contributed by atoms with Gasteiger partial charge < -0.3 is 10.7 Å². The van der Waals surface area contributed by atoms with Gasteiger partial charge in [0.25, 0.3) is 10.0 Å². The number of anilines is 1. The molecule has 0 aliphatic carbocycles. The van der Waals surface area contributed by atoms with E-state index in [1.165, 1.54) is 12.4 Å². The third-order valence-corrected chi connectivity index (χ3v) is 3.68. The summed E-state index contributed by atoms with van der Waals surface area (Å²) in [7, 11) is -3.91. The van der Waals surface area contributed by atoms with Gasteiger partial charge in [-0.1, -0.05) is 11.8 Å². The quantitative estimate of drug-likeness (QED) is 0.724. The minimum Gasteiger partial charge on any atom is -0.330 e. The Morgan fingerprint density at radius 1 is 1.45 bits per heavy atom. The molecule has 0 amide bonds. The van der Waals surface area contributed by atoms with Crippen LogP contribution in [0.15, 0.2) is 35.5 Å². The Balaban J connectivity index is 2.45. The van der Waals surface area contributed by atoms with E-state index in [2.05, 4.69) is 26.5 Å². The highest BCUT2D eigenvalue weighted by Gasteiger charge is 2.19. The van der Waals surface area contributed by atoms with E-state index in [4.69, 9.17) is 5.73 Å². The minimum absolute atomic E-state index is 0.0366. The maximum absolute atomic E-state index is 13.2. The molecular weight excluding hydrogens is 283 g/mol. The highest BCUT2D eigenvalue weighted by atomic mass is 32.2. The number of rotatable bonds is 3. The van der Waals surface area contributed by atoms with Gasteiger partial charge in [-0.3, -0.25) is 0 Å². The third kappa shape index (κ3) is 3.14. The van der Waals surface area contributed by atoms with Crippen LogP contribution in [-0.4, -0.2) is 24.9 Å². The molecule has 2 rings (SSSR count). The number of aromatic nitrogens is 2. The van der Waals surface area contributed by atoms with E-state index in [0.29, 0.717) is 0 Å². The molecule has 8 heteroatoms. The second-order valence-electron chi connectivity index (χ2n) is 3.69. The molecule has 0 saturated heterocycles. The second kappa shape index (κ2) is 5.73. The van der Waals surface area contributed by atoms with Crippen LogP contribution in [-0.2, 0) is 10.0 Å². The summed E-state index contributed by atoms with van der Waals surface area (Å²) in [4.78, 5) is 6.22. The van der Waals surface area contributed by atoms with Gasteiger partial charge in [0.05, 0.1) is 6.54 Å². The van der Waals surface area contributed by atoms with Crippen LogP contribution < -0.4 is 10.5 Å². The number of hydrogen-bond donors (Lipinski definition) is 3. The molecule has 0 fully saturated rings. The van der Waals surface area contributed by atoms with Crippen molar-refractivity contribution in [1.29, 1.82) is 0 Å². The molecule has 4 N–H and O–H groups in total. The van der Waals surface area contributed by atoms with E-state index in [-0.39, 0.29) is 23.0 Å². The van der Waals surface area contributed by atoms with E-state index >= 15 is 0 Å². The van der Waals surface area contributed by atoms with Crippen LogP contribution >= 0.6 is 0 Å². The number of hydrogen-bond acceptors (Lipinski definition) is 4. The van der Waals surface area contributed by atoms with Crippen molar-refractivity contribution in [3.8, 4) is 11.8 Å². The lowest BCUT2D eigenvalue weighted by Gasteiger charge is -2.07. The van der Waals surface area contributed by atoms with Crippen LogP contribution in [0.2, 0.25) is 0 Å². The first-order valence-electron chi connectivity index (χ1n) is 5.53. The molecule has 1 heterocycles. The van der Waals surface area contributed by atoms with Crippen molar-refractivity contribution >= 4 is 16.0 Å². The van der Waals surface area contributed by atoms with Gasteiger partial charge in [0.1, 0.15) is 10.7 Å². The molecule has 0 unspecified atom stereocenters. The Labute approximate surface area is 115 Å². The van der Waals surface area contributed by atoms with Crippen LogP contribution in [0.25, 0.3) is 0 Å². The van der Waals surface area contributed by atoms with Gasteiger partial charge in [-0.15, -0.1) is 0 Å². The molecule has 1 aromatic heterocycles. The number of halogens is 1. The Morgan fingerprint density at radius 3 is 2.90 bits per heavy atom. The summed E-state index contributed by atoms with van der Waals surface area (Å²) in [6.07, 6.45) is 2.87. The minimum atomic E-state index is -3.91. The molecule has 2 aromatic rings. The number of nitrogens with zero attached hydrogens (tertiary/aromatic N) is 1. The van der Waals surface area contributed by atoms with E-state index < -0.39 is 15.8 Å². The first-order valence-corrected chi connectivity index (χ1v) is 7.02. The molecule has 0 aliphatic heterocycles. The summed E-state index contributed by atoms with van der Waals surface area (Å²) in [6, 6.07) is 3.23. The van der Waals surface area contributed by atoms with Gasteiger partial charge in [-0.2, -0.15) is 0 Å². The van der Waals surface area contributed by atoms with Crippen molar-refractivity contribution in [2.24, 2.45) is 5.73 Å². The van der Waals surface area contributed by atoms with Gasteiger partial charge in [0.2, 0.25) is 5.95 Å². The first-order chi connectivity index (χ1) is 9.53. The summed E-state index contributed by atoms with van der Waals surface area (Å²) in [6.45, 7) is 0.0433. The Kier molecular flexibility index (Phi) is 4.02. The zero-order valence-corrected chi connectivity index (χ0v) is 11.0. The van der Waals surface area contributed by atoms with Crippen LogP contribution in [0.5, 0.6) is 0 Å². The van der Waals surface area contributed by atoms with Crippen molar-refractivity contribution in [1.82, 2.24) is 9.97 Å². The number of benzene rings is 1. The zero-order valence-electron chi connectivity index (χ0n) is 10.2. The molecule has 0 aliphatic rings. The van der Waals surface area contributed by atoms with Gasteiger partial charge in [0, 0.05) is 18.0 Å². The maximum atomic E-state index is 13.2. The lowest BCUT2D eigenvalue weighted by molar-refractivity contribution is 0.599. The molecule has 0 spiro atoms. The van der Waals surface area contributed by atoms with E-state index in [0.717, 1.165) is 18.2 Å². The van der Waals surface area contributed by atoms with Gasteiger partial charge >= 0.3 is 0 Å². The largest absolute Gasteiger partial charge is 0.330 e. The summed E-state index contributed by atoms with van der Waals surface area (Å²) in [5.41, 5.74) is 5.27. The Morgan fingerprint density at radius 2 is 2.25 bits per heavy atom. The number of nitrogens with two attached hydrogens (primary N) is 1. The molecule has 0 saturated carbocycles.